The molecule has 6 atom stereocenters. The summed E-state index contributed by atoms with van der Waals surface area (Å²) in [4.78, 5) is 15.8. The second-order valence-electron chi connectivity index (χ2n) is 11.3. The Morgan fingerprint density at radius 1 is 1.03 bits per heavy atom. The van der Waals surface area contributed by atoms with E-state index in [1.165, 1.54) is 44.9 Å². The van der Waals surface area contributed by atoms with Crippen molar-refractivity contribution in [3.05, 3.63) is 30.3 Å². The average Bonchev–Trinajstić information content (AvgIpc) is 2.72. The lowest BCUT2D eigenvalue weighted by molar-refractivity contribution is -0.154. The molecule has 1 aromatic rings. The fraction of sp³-hybridized carbons (Fsp3) is 0.741. The lowest BCUT2D eigenvalue weighted by Crippen LogP contribution is -2.58. The molecule has 1 aromatic carbocycles. The van der Waals surface area contributed by atoms with Gasteiger partial charge in [0.25, 0.3) is 0 Å². The molecule has 2 nitrogen and oxygen atoms in total. The van der Waals surface area contributed by atoms with Crippen molar-refractivity contribution >= 4 is 11.6 Å². The van der Waals surface area contributed by atoms with E-state index in [9.17, 15) is 4.79 Å². The Morgan fingerprint density at radius 3 is 2.45 bits per heavy atom. The predicted octanol–water partition coefficient (Wildman–Crippen LogP) is 6.94. The molecular formula is C27H41NO. The third kappa shape index (κ3) is 3.45. The zero-order valence-corrected chi connectivity index (χ0v) is 19.3. The fourth-order valence-electron chi connectivity index (χ4n) is 7.89. The lowest BCUT2D eigenvalue weighted by atomic mass is 9.43. The van der Waals surface area contributed by atoms with Gasteiger partial charge in [0.2, 0.25) is 5.91 Å². The van der Waals surface area contributed by atoms with Gasteiger partial charge in [0, 0.05) is 12.7 Å². The van der Waals surface area contributed by atoms with E-state index >= 15 is 0 Å². The van der Waals surface area contributed by atoms with Gasteiger partial charge in [0.15, 0.2) is 0 Å². The van der Waals surface area contributed by atoms with Crippen LogP contribution in [0.5, 0.6) is 0 Å². The normalized spacial score (nSPS) is 39.5. The van der Waals surface area contributed by atoms with E-state index in [1.54, 1.807) is 0 Å². The van der Waals surface area contributed by atoms with Crippen LogP contribution in [0.1, 0.15) is 79.1 Å². The zero-order chi connectivity index (χ0) is 20.8. The minimum Gasteiger partial charge on any atom is -0.315 e. The van der Waals surface area contributed by atoms with Crippen molar-refractivity contribution in [2.75, 3.05) is 11.9 Å². The molecule has 3 aliphatic rings. The SMILES string of the molecule is CC(C)C1CC[C@H]2C(CC[C@@H]3[C@]2(C)CCC[C@@]3(C)C(=O)N(C)c2ccccc2)C1. The number of rotatable bonds is 3. The van der Waals surface area contributed by atoms with Gasteiger partial charge in [-0.1, -0.05) is 52.3 Å². The fourth-order valence-corrected chi connectivity index (χ4v) is 7.89. The highest BCUT2D eigenvalue weighted by atomic mass is 16.2. The van der Waals surface area contributed by atoms with Gasteiger partial charge >= 0.3 is 0 Å². The van der Waals surface area contributed by atoms with Crippen LogP contribution in [0, 0.1) is 40.4 Å². The molecule has 0 bridgehead atoms. The highest BCUT2D eigenvalue weighted by molar-refractivity contribution is 5.97. The summed E-state index contributed by atoms with van der Waals surface area (Å²) >= 11 is 0. The number of amides is 1. The molecule has 4 rings (SSSR count). The van der Waals surface area contributed by atoms with Crippen molar-refractivity contribution in [1.29, 1.82) is 0 Å². The maximum Gasteiger partial charge on any atom is 0.232 e. The van der Waals surface area contributed by atoms with Gasteiger partial charge in [-0.2, -0.15) is 0 Å². The van der Waals surface area contributed by atoms with Crippen molar-refractivity contribution in [2.24, 2.45) is 40.4 Å². The first-order valence-corrected chi connectivity index (χ1v) is 12.1. The Balaban J connectivity index is 1.59. The van der Waals surface area contributed by atoms with Crippen LogP contribution in [-0.4, -0.2) is 13.0 Å². The highest BCUT2D eigenvalue weighted by Gasteiger charge is 2.59. The third-order valence-electron chi connectivity index (χ3n) is 9.55. The van der Waals surface area contributed by atoms with Crippen LogP contribution in [0.15, 0.2) is 30.3 Å². The summed E-state index contributed by atoms with van der Waals surface area (Å²) in [5.74, 6) is 4.32. The van der Waals surface area contributed by atoms with Crippen LogP contribution >= 0.6 is 0 Å². The second kappa shape index (κ2) is 7.75. The van der Waals surface area contributed by atoms with Crippen molar-refractivity contribution in [3.8, 4) is 0 Å². The maximum absolute atomic E-state index is 13.8. The van der Waals surface area contributed by atoms with Crippen molar-refractivity contribution < 1.29 is 4.79 Å². The minimum absolute atomic E-state index is 0.225. The van der Waals surface area contributed by atoms with E-state index in [1.807, 2.05) is 30.1 Å². The van der Waals surface area contributed by atoms with Gasteiger partial charge in [-0.15, -0.1) is 0 Å². The van der Waals surface area contributed by atoms with E-state index in [2.05, 4.69) is 39.8 Å². The number of benzene rings is 1. The molecular weight excluding hydrogens is 354 g/mol. The molecule has 0 N–H and O–H groups in total. The first-order valence-electron chi connectivity index (χ1n) is 12.1. The summed E-state index contributed by atoms with van der Waals surface area (Å²) in [6.07, 6.45) is 10.4. The molecule has 2 unspecified atom stereocenters. The third-order valence-corrected chi connectivity index (χ3v) is 9.55. The smallest absolute Gasteiger partial charge is 0.232 e. The van der Waals surface area contributed by atoms with Crippen LogP contribution in [-0.2, 0) is 4.79 Å². The minimum atomic E-state index is -0.225. The largest absolute Gasteiger partial charge is 0.315 e. The van der Waals surface area contributed by atoms with E-state index in [4.69, 9.17) is 0 Å². The first-order chi connectivity index (χ1) is 13.8. The maximum atomic E-state index is 13.8. The molecule has 3 saturated carbocycles. The number of nitrogens with zero attached hydrogens (tertiary/aromatic N) is 1. The van der Waals surface area contributed by atoms with Gasteiger partial charge in [-0.3, -0.25) is 4.79 Å². The van der Waals surface area contributed by atoms with E-state index in [0.717, 1.165) is 35.8 Å². The van der Waals surface area contributed by atoms with E-state index < -0.39 is 0 Å². The molecule has 29 heavy (non-hydrogen) atoms. The Kier molecular flexibility index (Phi) is 5.59. The number of hydrogen-bond acceptors (Lipinski definition) is 1. The molecule has 0 heterocycles. The lowest BCUT2D eigenvalue weighted by Gasteiger charge is -2.61. The summed E-state index contributed by atoms with van der Waals surface area (Å²) in [5, 5.41) is 0. The predicted molar refractivity (Wildman–Crippen MR) is 122 cm³/mol. The van der Waals surface area contributed by atoms with Crippen LogP contribution in [0.2, 0.25) is 0 Å². The molecule has 3 fully saturated rings. The van der Waals surface area contributed by atoms with Crippen molar-refractivity contribution in [3.63, 3.8) is 0 Å². The molecule has 0 saturated heterocycles. The van der Waals surface area contributed by atoms with Gasteiger partial charge in [-0.25, -0.2) is 0 Å². The monoisotopic (exact) mass is 395 g/mol. The van der Waals surface area contributed by atoms with Crippen molar-refractivity contribution in [1.82, 2.24) is 0 Å². The zero-order valence-electron chi connectivity index (χ0n) is 19.3. The Labute approximate surface area is 178 Å². The van der Waals surface area contributed by atoms with E-state index in [-0.39, 0.29) is 5.41 Å². The van der Waals surface area contributed by atoms with Crippen molar-refractivity contribution in [2.45, 2.75) is 79.1 Å². The summed E-state index contributed by atoms with van der Waals surface area (Å²) in [5.41, 5.74) is 1.14. The van der Waals surface area contributed by atoms with Crippen LogP contribution in [0.3, 0.4) is 0 Å². The quantitative estimate of drug-likeness (QED) is 0.542. The Morgan fingerprint density at radius 2 is 1.76 bits per heavy atom. The number of carbonyl (C=O) groups is 1. The number of hydrogen-bond donors (Lipinski definition) is 0. The average molecular weight is 396 g/mol. The Hall–Kier alpha value is -1.31. The van der Waals surface area contributed by atoms with Crippen LogP contribution in [0.25, 0.3) is 0 Å². The number of fused-ring (bicyclic) bond motifs is 3. The van der Waals surface area contributed by atoms with E-state index in [0.29, 0.717) is 17.2 Å². The summed E-state index contributed by atoms with van der Waals surface area (Å²) < 4.78 is 0. The summed E-state index contributed by atoms with van der Waals surface area (Å²) in [7, 11) is 1.98. The molecule has 2 heteroatoms. The number of anilines is 1. The molecule has 0 radical (unpaired) electrons. The molecule has 0 spiro atoms. The van der Waals surface area contributed by atoms with Gasteiger partial charge < -0.3 is 4.90 Å². The Bertz CT molecular complexity index is 727. The second-order valence-corrected chi connectivity index (χ2v) is 11.3. The first kappa shape index (κ1) is 20.9. The summed E-state index contributed by atoms with van der Waals surface area (Å²) in [6, 6.07) is 10.2. The van der Waals surface area contributed by atoms with Gasteiger partial charge in [-0.05, 0) is 92.1 Å². The van der Waals surface area contributed by atoms with Gasteiger partial charge in [0.05, 0.1) is 5.41 Å². The summed E-state index contributed by atoms with van der Waals surface area (Å²) in [6.45, 7) is 9.69. The highest BCUT2D eigenvalue weighted by Crippen LogP contribution is 2.64. The topological polar surface area (TPSA) is 20.3 Å². The molecule has 0 aliphatic heterocycles. The number of carbonyl (C=O) groups excluding carboxylic acids is 1. The molecule has 1 amide bonds. The van der Waals surface area contributed by atoms with Crippen LogP contribution in [0.4, 0.5) is 5.69 Å². The number of para-hydroxylation sites is 1. The van der Waals surface area contributed by atoms with Crippen LogP contribution < -0.4 is 4.90 Å². The molecule has 160 valence electrons. The van der Waals surface area contributed by atoms with Gasteiger partial charge in [0.1, 0.15) is 0 Å². The standard InChI is InChI=1S/C27H41NO/c1-19(2)20-12-14-23-21(18-20)13-15-24-26(23,3)16-9-17-27(24,4)25(29)28(5)22-10-7-6-8-11-22/h6-8,10-11,19-21,23-24H,9,12-18H2,1-5H3/t20?,21?,23-,24+,26+,27+/m0/s1. The molecule has 3 aliphatic carbocycles. The molecule has 0 aromatic heterocycles.